The van der Waals surface area contributed by atoms with Crippen molar-refractivity contribution in [2.75, 3.05) is 5.32 Å². The number of nitro groups is 1. The first kappa shape index (κ1) is 13.1. The number of nitrogens with two attached hydrogens (primary N) is 1. The van der Waals surface area contributed by atoms with Gasteiger partial charge < -0.3 is 11.1 Å². The minimum absolute atomic E-state index is 0.0266. The highest BCUT2D eigenvalue weighted by atomic mass is 35.5. The first-order chi connectivity index (χ1) is 7.91. The van der Waals surface area contributed by atoms with Crippen LogP contribution in [-0.4, -0.2) is 26.8 Å². The van der Waals surface area contributed by atoms with E-state index in [4.69, 9.17) is 17.3 Å². The fraction of sp³-hybridized carbons (Fsp3) is 0.375. The lowest BCUT2D eigenvalue weighted by Gasteiger charge is -2.12. The number of nitrogens with one attached hydrogen (secondary N) is 1. The van der Waals surface area contributed by atoms with Gasteiger partial charge in [-0.3, -0.25) is 14.9 Å². The van der Waals surface area contributed by atoms with E-state index in [1.165, 1.54) is 0 Å². The van der Waals surface area contributed by atoms with Crippen molar-refractivity contribution in [1.82, 2.24) is 9.97 Å². The van der Waals surface area contributed by atoms with Crippen LogP contribution in [0, 0.1) is 10.1 Å². The van der Waals surface area contributed by atoms with Crippen LogP contribution in [0.5, 0.6) is 0 Å². The lowest BCUT2D eigenvalue weighted by atomic mass is 10.2. The molecule has 1 rings (SSSR count). The van der Waals surface area contributed by atoms with E-state index in [1.807, 2.05) is 0 Å². The van der Waals surface area contributed by atoms with Crippen LogP contribution in [0.1, 0.15) is 13.3 Å². The van der Waals surface area contributed by atoms with Crippen molar-refractivity contribution in [3.63, 3.8) is 0 Å². The van der Waals surface area contributed by atoms with Crippen LogP contribution in [0.3, 0.4) is 0 Å². The summed E-state index contributed by atoms with van der Waals surface area (Å²) in [6.07, 6.45) is 1.12. The van der Waals surface area contributed by atoms with E-state index in [-0.39, 0.29) is 17.4 Å². The van der Waals surface area contributed by atoms with E-state index < -0.39 is 22.6 Å². The molecular formula is C8H10ClN5O3. The van der Waals surface area contributed by atoms with Gasteiger partial charge in [-0.1, -0.05) is 11.6 Å². The molecule has 1 aromatic rings. The molecule has 3 N–H and O–H groups in total. The summed E-state index contributed by atoms with van der Waals surface area (Å²) in [5, 5.41) is 13.2. The van der Waals surface area contributed by atoms with Crippen LogP contribution in [0.2, 0.25) is 5.15 Å². The minimum Gasteiger partial charge on any atom is -0.370 e. The van der Waals surface area contributed by atoms with Crippen LogP contribution in [0.4, 0.5) is 11.5 Å². The maximum absolute atomic E-state index is 10.8. The second-order valence-corrected chi connectivity index (χ2v) is 3.69. The second kappa shape index (κ2) is 5.39. The van der Waals surface area contributed by atoms with Gasteiger partial charge in [0.25, 0.3) is 0 Å². The Hall–Kier alpha value is -1.96. The Balaban J connectivity index is 2.94. The number of anilines is 1. The molecule has 1 amide bonds. The molecule has 0 saturated heterocycles. The third-order valence-electron chi connectivity index (χ3n) is 1.85. The summed E-state index contributed by atoms with van der Waals surface area (Å²) in [5.41, 5.74) is 4.58. The number of amides is 1. The van der Waals surface area contributed by atoms with Crippen LogP contribution in [0.25, 0.3) is 0 Å². The topological polar surface area (TPSA) is 124 Å². The van der Waals surface area contributed by atoms with E-state index in [0.29, 0.717) is 0 Å². The average molecular weight is 260 g/mol. The number of rotatable bonds is 5. The molecule has 1 unspecified atom stereocenters. The van der Waals surface area contributed by atoms with Crippen molar-refractivity contribution in [3.8, 4) is 0 Å². The molecule has 1 heterocycles. The number of hydrogen-bond acceptors (Lipinski definition) is 6. The van der Waals surface area contributed by atoms with Gasteiger partial charge in [-0.2, -0.15) is 0 Å². The lowest BCUT2D eigenvalue weighted by Crippen LogP contribution is -2.24. The largest absolute Gasteiger partial charge is 0.370 e. The monoisotopic (exact) mass is 259 g/mol. The second-order valence-electron chi connectivity index (χ2n) is 3.33. The number of carbonyl (C=O) groups is 1. The van der Waals surface area contributed by atoms with E-state index >= 15 is 0 Å². The van der Waals surface area contributed by atoms with Crippen LogP contribution < -0.4 is 11.1 Å². The summed E-state index contributed by atoms with van der Waals surface area (Å²) >= 11 is 5.59. The highest BCUT2D eigenvalue weighted by Crippen LogP contribution is 2.28. The molecule has 0 saturated carbocycles. The van der Waals surface area contributed by atoms with Crippen LogP contribution in [-0.2, 0) is 4.79 Å². The third kappa shape index (κ3) is 3.52. The molecule has 8 nitrogen and oxygen atoms in total. The fourth-order valence-electron chi connectivity index (χ4n) is 1.21. The van der Waals surface area contributed by atoms with Gasteiger partial charge in [-0.05, 0) is 6.92 Å². The summed E-state index contributed by atoms with van der Waals surface area (Å²) in [6.45, 7) is 1.64. The Bertz CT molecular complexity index is 453. The SMILES string of the molecule is CC(CC(N)=O)Nc1ncnc(Cl)c1[N+](=O)[O-]. The Morgan fingerprint density at radius 3 is 2.88 bits per heavy atom. The van der Waals surface area contributed by atoms with Gasteiger partial charge in [0, 0.05) is 12.5 Å². The number of hydrogen-bond donors (Lipinski definition) is 2. The Morgan fingerprint density at radius 2 is 2.35 bits per heavy atom. The highest BCUT2D eigenvalue weighted by Gasteiger charge is 2.22. The number of aromatic nitrogens is 2. The molecule has 0 aliphatic carbocycles. The van der Waals surface area contributed by atoms with Crippen molar-refractivity contribution in [3.05, 3.63) is 21.6 Å². The molecular weight excluding hydrogens is 250 g/mol. The Kier molecular flexibility index (Phi) is 4.16. The molecule has 0 spiro atoms. The summed E-state index contributed by atoms with van der Waals surface area (Å²) < 4.78 is 0. The predicted octanol–water partition coefficient (Wildman–Crippen LogP) is 0.714. The zero-order valence-corrected chi connectivity index (χ0v) is 9.64. The number of primary amides is 1. The third-order valence-corrected chi connectivity index (χ3v) is 2.13. The smallest absolute Gasteiger partial charge is 0.348 e. The average Bonchev–Trinajstić information content (AvgIpc) is 2.15. The lowest BCUT2D eigenvalue weighted by molar-refractivity contribution is -0.384. The zero-order valence-electron chi connectivity index (χ0n) is 8.88. The first-order valence-electron chi connectivity index (χ1n) is 4.61. The molecule has 0 fully saturated rings. The maximum atomic E-state index is 10.8. The van der Waals surface area contributed by atoms with Gasteiger partial charge in [-0.25, -0.2) is 9.97 Å². The van der Waals surface area contributed by atoms with Crippen molar-refractivity contribution in [1.29, 1.82) is 0 Å². The van der Waals surface area contributed by atoms with Crippen LogP contribution >= 0.6 is 11.6 Å². The first-order valence-corrected chi connectivity index (χ1v) is 4.99. The van der Waals surface area contributed by atoms with Gasteiger partial charge in [0.15, 0.2) is 0 Å². The van der Waals surface area contributed by atoms with Gasteiger partial charge in [0.05, 0.1) is 4.92 Å². The van der Waals surface area contributed by atoms with Gasteiger partial charge >= 0.3 is 5.69 Å². The molecule has 0 bridgehead atoms. The number of nitrogens with zero attached hydrogens (tertiary/aromatic N) is 3. The van der Waals surface area contributed by atoms with Gasteiger partial charge in [0.2, 0.25) is 16.9 Å². The fourth-order valence-corrected chi connectivity index (χ4v) is 1.41. The molecule has 0 aliphatic rings. The van der Waals surface area contributed by atoms with Gasteiger partial charge in [0.1, 0.15) is 6.33 Å². The summed E-state index contributed by atoms with van der Waals surface area (Å²) in [4.78, 5) is 28.0. The molecule has 0 aromatic carbocycles. The van der Waals surface area contributed by atoms with Crippen molar-refractivity contribution in [2.24, 2.45) is 5.73 Å². The molecule has 0 radical (unpaired) electrons. The van der Waals surface area contributed by atoms with Crippen molar-refractivity contribution >= 4 is 29.0 Å². The van der Waals surface area contributed by atoms with Crippen molar-refractivity contribution < 1.29 is 9.72 Å². The summed E-state index contributed by atoms with van der Waals surface area (Å²) in [7, 11) is 0. The van der Waals surface area contributed by atoms with E-state index in [9.17, 15) is 14.9 Å². The van der Waals surface area contributed by atoms with E-state index in [0.717, 1.165) is 6.33 Å². The molecule has 92 valence electrons. The molecule has 0 aliphatic heterocycles. The Labute approximate surface area is 101 Å². The molecule has 1 aromatic heterocycles. The Morgan fingerprint density at radius 1 is 1.71 bits per heavy atom. The maximum Gasteiger partial charge on any atom is 0.348 e. The molecule has 17 heavy (non-hydrogen) atoms. The quantitative estimate of drug-likeness (QED) is 0.456. The van der Waals surface area contributed by atoms with Crippen molar-refractivity contribution in [2.45, 2.75) is 19.4 Å². The summed E-state index contributed by atoms with van der Waals surface area (Å²) in [5.74, 6) is -0.559. The predicted molar refractivity (Wildman–Crippen MR) is 60.6 cm³/mol. The highest BCUT2D eigenvalue weighted by molar-refractivity contribution is 6.31. The van der Waals surface area contributed by atoms with Crippen LogP contribution in [0.15, 0.2) is 6.33 Å². The van der Waals surface area contributed by atoms with E-state index in [2.05, 4.69) is 15.3 Å². The van der Waals surface area contributed by atoms with Gasteiger partial charge in [-0.15, -0.1) is 0 Å². The number of carbonyl (C=O) groups excluding carboxylic acids is 1. The molecule has 9 heteroatoms. The minimum atomic E-state index is -0.693. The number of halogens is 1. The standard InChI is InChI=1S/C8H10ClN5O3/c1-4(2-5(10)15)13-8-6(14(16)17)7(9)11-3-12-8/h3-4H,2H2,1H3,(H2,10,15)(H,11,12,13). The normalized spacial score (nSPS) is 11.9. The molecule has 1 atom stereocenters. The summed E-state index contributed by atoms with van der Waals surface area (Å²) in [6, 6.07) is -0.392. The zero-order chi connectivity index (χ0) is 13.0. The van der Waals surface area contributed by atoms with E-state index in [1.54, 1.807) is 6.92 Å².